The van der Waals surface area contributed by atoms with Crippen molar-refractivity contribution in [1.82, 2.24) is 9.80 Å². The van der Waals surface area contributed by atoms with Gasteiger partial charge in [0, 0.05) is 32.6 Å². The zero-order chi connectivity index (χ0) is 18.6. The van der Waals surface area contributed by atoms with Gasteiger partial charge in [0.25, 0.3) is 0 Å². The van der Waals surface area contributed by atoms with Crippen molar-refractivity contribution in [1.29, 1.82) is 0 Å². The number of carbonyl (C=O) groups is 1. The van der Waals surface area contributed by atoms with Crippen LogP contribution in [0.3, 0.4) is 0 Å². The number of hydrogen-bond acceptors (Lipinski definition) is 5. The molecule has 0 radical (unpaired) electrons. The van der Waals surface area contributed by atoms with Crippen LogP contribution in [0.5, 0.6) is 11.5 Å². The van der Waals surface area contributed by atoms with Gasteiger partial charge >= 0.3 is 5.97 Å². The van der Waals surface area contributed by atoms with Crippen LogP contribution in [0.2, 0.25) is 0 Å². The number of aliphatic imine (C=N–C) groups is 1. The van der Waals surface area contributed by atoms with Gasteiger partial charge in [0.15, 0.2) is 5.75 Å². The van der Waals surface area contributed by atoms with Crippen molar-refractivity contribution in [2.45, 2.75) is 12.8 Å². The van der Waals surface area contributed by atoms with E-state index in [9.17, 15) is 4.79 Å². The van der Waals surface area contributed by atoms with Gasteiger partial charge in [-0.3, -0.25) is 9.69 Å². The minimum atomic E-state index is -0.725. The second-order valence-electron chi connectivity index (χ2n) is 6.83. The molecule has 0 unspecified atom stereocenters. The van der Waals surface area contributed by atoms with E-state index in [0.717, 1.165) is 61.3 Å². The molecule has 27 heavy (non-hydrogen) atoms. The smallest absolute Gasteiger partial charge is 0.303 e. The maximum atomic E-state index is 10.7. The van der Waals surface area contributed by atoms with E-state index in [-0.39, 0.29) is 6.42 Å². The average molecular weight is 365 g/mol. The summed E-state index contributed by atoms with van der Waals surface area (Å²) in [6.07, 6.45) is 0.925. The lowest BCUT2D eigenvalue weighted by molar-refractivity contribution is -0.137. The standard InChI is InChI=1S/C21H23N3O3/c25-20(26)10-5-11-23-12-14-24(15-13-23)21-16-6-1-3-8-18(16)27-19-9-4-2-7-17(19)22-21/h1-4,6-9H,5,10-15H2,(H,25,26). The molecule has 2 aliphatic heterocycles. The van der Waals surface area contributed by atoms with Gasteiger partial charge in [-0.2, -0.15) is 0 Å². The molecule has 140 valence electrons. The molecule has 2 heterocycles. The first-order chi connectivity index (χ1) is 13.2. The Balaban J connectivity index is 1.53. The third-order valence-electron chi connectivity index (χ3n) is 4.98. The maximum Gasteiger partial charge on any atom is 0.303 e. The molecule has 1 saturated heterocycles. The minimum Gasteiger partial charge on any atom is -0.481 e. The monoisotopic (exact) mass is 365 g/mol. The van der Waals surface area contributed by atoms with Gasteiger partial charge < -0.3 is 14.7 Å². The van der Waals surface area contributed by atoms with Gasteiger partial charge in [0.2, 0.25) is 0 Å². The molecule has 0 amide bonds. The van der Waals surface area contributed by atoms with Crippen LogP contribution in [0, 0.1) is 0 Å². The molecule has 0 atom stereocenters. The Labute approximate surface area is 158 Å². The highest BCUT2D eigenvalue weighted by Gasteiger charge is 2.25. The summed E-state index contributed by atoms with van der Waals surface area (Å²) in [6.45, 7) is 4.37. The first-order valence-corrected chi connectivity index (χ1v) is 9.35. The molecule has 0 aliphatic carbocycles. The van der Waals surface area contributed by atoms with E-state index in [4.69, 9.17) is 14.8 Å². The van der Waals surface area contributed by atoms with Crippen LogP contribution in [0.15, 0.2) is 53.5 Å². The Morgan fingerprint density at radius 2 is 1.70 bits per heavy atom. The average Bonchev–Trinajstić information content (AvgIpc) is 2.85. The lowest BCUT2D eigenvalue weighted by Crippen LogP contribution is -2.49. The Morgan fingerprint density at radius 3 is 2.48 bits per heavy atom. The second-order valence-corrected chi connectivity index (χ2v) is 6.83. The van der Waals surface area contributed by atoms with Gasteiger partial charge in [-0.1, -0.05) is 24.3 Å². The van der Waals surface area contributed by atoms with Gasteiger partial charge in [-0.25, -0.2) is 4.99 Å². The largest absolute Gasteiger partial charge is 0.481 e. The SMILES string of the molecule is O=C(O)CCCN1CCN(C2=Nc3ccccc3Oc3ccccc32)CC1. The molecule has 1 fully saturated rings. The normalized spacial score (nSPS) is 16.6. The lowest BCUT2D eigenvalue weighted by atomic mass is 10.1. The number of para-hydroxylation sites is 3. The predicted octanol–water partition coefficient (Wildman–Crippen LogP) is 3.35. The van der Waals surface area contributed by atoms with Gasteiger partial charge in [0.05, 0.1) is 5.56 Å². The second kappa shape index (κ2) is 7.80. The number of nitrogens with zero attached hydrogens (tertiary/aromatic N) is 3. The summed E-state index contributed by atoms with van der Waals surface area (Å²) in [5, 5.41) is 8.80. The van der Waals surface area contributed by atoms with E-state index >= 15 is 0 Å². The molecule has 1 N–H and O–H groups in total. The molecule has 0 aromatic heterocycles. The number of amidine groups is 1. The van der Waals surface area contributed by atoms with Crippen LogP contribution >= 0.6 is 0 Å². The van der Waals surface area contributed by atoms with Crippen LogP contribution in [0.4, 0.5) is 5.69 Å². The Kier molecular flexibility index (Phi) is 5.07. The third-order valence-corrected chi connectivity index (χ3v) is 4.98. The number of rotatable bonds is 4. The van der Waals surface area contributed by atoms with Gasteiger partial charge in [0.1, 0.15) is 17.3 Å². The lowest BCUT2D eigenvalue weighted by Gasteiger charge is -2.36. The first kappa shape index (κ1) is 17.5. The molecular formula is C21H23N3O3. The highest BCUT2D eigenvalue weighted by Crippen LogP contribution is 2.37. The summed E-state index contributed by atoms with van der Waals surface area (Å²) in [6, 6.07) is 15.9. The molecule has 2 aromatic rings. The quantitative estimate of drug-likeness (QED) is 0.900. The topological polar surface area (TPSA) is 65.4 Å². The van der Waals surface area contributed by atoms with Crippen molar-refractivity contribution in [3.05, 3.63) is 54.1 Å². The van der Waals surface area contributed by atoms with Crippen molar-refractivity contribution in [2.75, 3.05) is 32.7 Å². The molecule has 0 spiro atoms. The van der Waals surface area contributed by atoms with Crippen molar-refractivity contribution in [2.24, 2.45) is 4.99 Å². The number of aliphatic carboxylic acids is 1. The van der Waals surface area contributed by atoms with E-state index in [1.807, 2.05) is 42.5 Å². The number of benzene rings is 2. The first-order valence-electron chi connectivity index (χ1n) is 9.35. The number of piperazine rings is 1. The van der Waals surface area contributed by atoms with E-state index in [1.165, 1.54) is 0 Å². The molecule has 2 aromatic carbocycles. The summed E-state index contributed by atoms with van der Waals surface area (Å²) >= 11 is 0. The van der Waals surface area contributed by atoms with Crippen molar-refractivity contribution < 1.29 is 14.6 Å². The van der Waals surface area contributed by atoms with Gasteiger partial charge in [-0.15, -0.1) is 0 Å². The molecule has 0 saturated carbocycles. The Hall–Kier alpha value is -2.86. The fourth-order valence-electron chi connectivity index (χ4n) is 3.55. The van der Waals surface area contributed by atoms with E-state index in [1.54, 1.807) is 0 Å². The number of ether oxygens (including phenoxy) is 1. The number of carboxylic acid groups (broad SMARTS) is 1. The zero-order valence-corrected chi connectivity index (χ0v) is 15.2. The Bertz CT molecular complexity index is 857. The summed E-state index contributed by atoms with van der Waals surface area (Å²) in [7, 11) is 0. The van der Waals surface area contributed by atoms with Gasteiger partial charge in [-0.05, 0) is 37.2 Å². The molecule has 2 aliphatic rings. The summed E-state index contributed by atoms with van der Waals surface area (Å²) < 4.78 is 6.11. The molecule has 6 nitrogen and oxygen atoms in total. The predicted molar refractivity (Wildman–Crippen MR) is 104 cm³/mol. The van der Waals surface area contributed by atoms with Crippen molar-refractivity contribution >= 4 is 17.5 Å². The highest BCUT2D eigenvalue weighted by molar-refractivity contribution is 6.03. The maximum absolute atomic E-state index is 10.7. The molecular weight excluding hydrogens is 342 g/mol. The van der Waals surface area contributed by atoms with Crippen LogP contribution < -0.4 is 4.74 Å². The van der Waals surface area contributed by atoms with E-state index in [2.05, 4.69) is 15.9 Å². The van der Waals surface area contributed by atoms with Crippen LogP contribution in [0.25, 0.3) is 0 Å². The summed E-state index contributed by atoms with van der Waals surface area (Å²) in [5.74, 6) is 1.81. The number of fused-ring (bicyclic) bond motifs is 2. The molecule has 0 bridgehead atoms. The van der Waals surface area contributed by atoms with Crippen molar-refractivity contribution in [3.63, 3.8) is 0 Å². The summed E-state index contributed by atoms with van der Waals surface area (Å²) in [5.41, 5.74) is 1.85. The highest BCUT2D eigenvalue weighted by atomic mass is 16.5. The van der Waals surface area contributed by atoms with Crippen LogP contribution in [0.1, 0.15) is 18.4 Å². The zero-order valence-electron chi connectivity index (χ0n) is 15.2. The number of hydrogen-bond donors (Lipinski definition) is 1. The van der Waals surface area contributed by atoms with E-state index < -0.39 is 5.97 Å². The van der Waals surface area contributed by atoms with E-state index in [0.29, 0.717) is 6.42 Å². The minimum absolute atomic E-state index is 0.231. The summed E-state index contributed by atoms with van der Waals surface area (Å²) in [4.78, 5) is 20.3. The van der Waals surface area contributed by atoms with Crippen LogP contribution in [-0.4, -0.2) is 59.4 Å². The molecule has 6 heteroatoms. The van der Waals surface area contributed by atoms with Crippen LogP contribution in [-0.2, 0) is 4.79 Å². The number of carboxylic acids is 1. The Morgan fingerprint density at radius 1 is 1.00 bits per heavy atom. The fraction of sp³-hybridized carbons (Fsp3) is 0.333. The fourth-order valence-corrected chi connectivity index (χ4v) is 3.55. The third kappa shape index (κ3) is 3.95. The molecule has 4 rings (SSSR count). The van der Waals surface area contributed by atoms with Crippen molar-refractivity contribution in [3.8, 4) is 11.5 Å².